The molecule has 0 aliphatic carbocycles. The van der Waals surface area contributed by atoms with Crippen LogP contribution in [0.2, 0.25) is 0 Å². The number of nitrogens with zero attached hydrogens (tertiary/aromatic N) is 3. The Labute approximate surface area is 131 Å². The third kappa shape index (κ3) is 3.11. The Bertz CT molecular complexity index is 615. The van der Waals surface area contributed by atoms with Gasteiger partial charge in [0.25, 0.3) is 5.91 Å². The molecule has 1 aliphatic rings. The fraction of sp³-hybridized carbons (Fsp3) is 0.333. The number of rotatable bonds is 3. The molecule has 2 heterocycles. The number of hydrogen-bond acceptors (Lipinski definition) is 3. The van der Waals surface area contributed by atoms with E-state index in [9.17, 15) is 4.79 Å². The molecule has 0 N–H and O–H groups in total. The van der Waals surface area contributed by atoms with Crippen LogP contribution in [0.15, 0.2) is 54.7 Å². The molecule has 0 bridgehead atoms. The summed E-state index contributed by atoms with van der Waals surface area (Å²) in [6, 6.07) is 15.7. The summed E-state index contributed by atoms with van der Waals surface area (Å²) in [6.45, 7) is 1.84. The van der Waals surface area contributed by atoms with E-state index in [1.165, 1.54) is 0 Å². The number of carbonyl (C=O) groups excluding carboxylic acids is 1. The molecule has 0 saturated carbocycles. The van der Waals surface area contributed by atoms with E-state index in [1.54, 1.807) is 0 Å². The van der Waals surface area contributed by atoms with Gasteiger partial charge in [-0.3, -0.25) is 4.79 Å². The van der Waals surface area contributed by atoms with Gasteiger partial charge in [-0.2, -0.15) is 0 Å². The second-order valence-corrected chi connectivity index (χ2v) is 5.71. The zero-order chi connectivity index (χ0) is 15.4. The molecule has 2 aromatic rings. The molecule has 1 aliphatic heterocycles. The SMILES string of the molecule is CN(C(=O)c1ccccc1)[C@H]1CCCN(c2ccccn2)C1. The lowest BCUT2D eigenvalue weighted by atomic mass is 10.0. The van der Waals surface area contributed by atoms with E-state index in [2.05, 4.69) is 9.88 Å². The Morgan fingerprint density at radius 2 is 1.95 bits per heavy atom. The van der Waals surface area contributed by atoms with Crippen molar-refractivity contribution in [2.75, 3.05) is 25.0 Å². The van der Waals surface area contributed by atoms with Gasteiger partial charge in [-0.15, -0.1) is 0 Å². The van der Waals surface area contributed by atoms with Crippen molar-refractivity contribution in [2.24, 2.45) is 0 Å². The highest BCUT2D eigenvalue weighted by Gasteiger charge is 2.27. The molecule has 114 valence electrons. The van der Waals surface area contributed by atoms with E-state index in [4.69, 9.17) is 0 Å². The van der Waals surface area contributed by atoms with Crippen LogP contribution in [0.3, 0.4) is 0 Å². The quantitative estimate of drug-likeness (QED) is 0.873. The van der Waals surface area contributed by atoms with Gasteiger partial charge in [-0.25, -0.2) is 4.98 Å². The molecule has 1 fully saturated rings. The molecular formula is C18H21N3O. The van der Waals surface area contributed by atoms with Crippen LogP contribution >= 0.6 is 0 Å². The summed E-state index contributed by atoms with van der Waals surface area (Å²) in [5, 5.41) is 0. The summed E-state index contributed by atoms with van der Waals surface area (Å²) in [5.74, 6) is 1.08. The van der Waals surface area contributed by atoms with Gasteiger partial charge >= 0.3 is 0 Å². The first-order valence-electron chi connectivity index (χ1n) is 7.74. The normalized spacial score (nSPS) is 18.0. The molecule has 0 spiro atoms. The zero-order valence-corrected chi connectivity index (χ0v) is 12.9. The molecule has 1 amide bonds. The van der Waals surface area contributed by atoms with Crippen LogP contribution in [0.4, 0.5) is 5.82 Å². The zero-order valence-electron chi connectivity index (χ0n) is 12.9. The number of amides is 1. The molecule has 4 heteroatoms. The largest absolute Gasteiger partial charge is 0.355 e. The van der Waals surface area contributed by atoms with Crippen LogP contribution in [-0.4, -0.2) is 42.0 Å². The maximum Gasteiger partial charge on any atom is 0.253 e. The van der Waals surface area contributed by atoms with E-state index < -0.39 is 0 Å². The van der Waals surface area contributed by atoms with Crippen LogP contribution in [0, 0.1) is 0 Å². The second-order valence-electron chi connectivity index (χ2n) is 5.71. The van der Waals surface area contributed by atoms with Gasteiger partial charge in [-0.1, -0.05) is 24.3 Å². The van der Waals surface area contributed by atoms with Crippen molar-refractivity contribution in [1.82, 2.24) is 9.88 Å². The minimum atomic E-state index is 0.0912. The predicted molar refractivity (Wildman–Crippen MR) is 88.0 cm³/mol. The Morgan fingerprint density at radius 3 is 2.68 bits per heavy atom. The number of likely N-dealkylation sites (N-methyl/N-ethyl adjacent to an activating group) is 1. The molecule has 0 unspecified atom stereocenters. The predicted octanol–water partition coefficient (Wildman–Crippen LogP) is 2.82. The van der Waals surface area contributed by atoms with Crippen LogP contribution < -0.4 is 4.90 Å². The highest BCUT2D eigenvalue weighted by Crippen LogP contribution is 2.21. The van der Waals surface area contributed by atoms with Crippen LogP contribution in [0.5, 0.6) is 0 Å². The first kappa shape index (κ1) is 14.6. The van der Waals surface area contributed by atoms with E-state index in [0.717, 1.165) is 37.3 Å². The first-order valence-corrected chi connectivity index (χ1v) is 7.74. The minimum absolute atomic E-state index is 0.0912. The van der Waals surface area contributed by atoms with Crippen molar-refractivity contribution in [2.45, 2.75) is 18.9 Å². The topological polar surface area (TPSA) is 36.4 Å². The summed E-state index contributed by atoms with van der Waals surface area (Å²) in [5.41, 5.74) is 0.750. The molecule has 1 aromatic carbocycles. The molecule has 22 heavy (non-hydrogen) atoms. The summed E-state index contributed by atoms with van der Waals surface area (Å²) in [4.78, 5) is 21.1. The summed E-state index contributed by atoms with van der Waals surface area (Å²) in [6.07, 6.45) is 3.93. The summed E-state index contributed by atoms with van der Waals surface area (Å²) in [7, 11) is 1.90. The summed E-state index contributed by atoms with van der Waals surface area (Å²) >= 11 is 0. The highest BCUT2D eigenvalue weighted by molar-refractivity contribution is 5.94. The van der Waals surface area contributed by atoms with Gasteiger partial charge in [0.2, 0.25) is 0 Å². The monoisotopic (exact) mass is 295 g/mol. The second kappa shape index (κ2) is 6.60. The van der Waals surface area contributed by atoms with E-state index in [0.29, 0.717) is 0 Å². The van der Waals surface area contributed by atoms with Crippen molar-refractivity contribution in [3.63, 3.8) is 0 Å². The van der Waals surface area contributed by atoms with E-state index in [1.807, 2.05) is 66.7 Å². The van der Waals surface area contributed by atoms with Crippen molar-refractivity contribution in [3.8, 4) is 0 Å². The van der Waals surface area contributed by atoms with Gasteiger partial charge < -0.3 is 9.80 Å². The number of hydrogen-bond donors (Lipinski definition) is 0. The fourth-order valence-corrected chi connectivity index (χ4v) is 2.97. The van der Waals surface area contributed by atoms with Crippen molar-refractivity contribution >= 4 is 11.7 Å². The lowest BCUT2D eigenvalue weighted by molar-refractivity contribution is 0.0717. The molecule has 1 saturated heterocycles. The molecule has 0 radical (unpaired) electrons. The number of pyridine rings is 1. The van der Waals surface area contributed by atoms with Gasteiger partial charge in [-0.05, 0) is 37.1 Å². The first-order chi connectivity index (χ1) is 10.8. The van der Waals surface area contributed by atoms with Gasteiger partial charge in [0.15, 0.2) is 0 Å². The Hall–Kier alpha value is -2.36. The maximum atomic E-state index is 12.6. The van der Waals surface area contributed by atoms with Crippen LogP contribution in [0.25, 0.3) is 0 Å². The standard InChI is InChI=1S/C18H21N3O/c1-20(18(22)15-8-3-2-4-9-15)16-10-7-13-21(14-16)17-11-5-6-12-19-17/h2-6,8-9,11-12,16H,7,10,13-14H2,1H3/t16-/m0/s1. The van der Waals surface area contributed by atoms with Gasteiger partial charge in [0.1, 0.15) is 5.82 Å². The Morgan fingerprint density at radius 1 is 1.18 bits per heavy atom. The minimum Gasteiger partial charge on any atom is -0.355 e. The van der Waals surface area contributed by atoms with Crippen molar-refractivity contribution in [1.29, 1.82) is 0 Å². The molecule has 4 nitrogen and oxygen atoms in total. The number of piperidine rings is 1. The smallest absolute Gasteiger partial charge is 0.253 e. The van der Waals surface area contributed by atoms with Crippen molar-refractivity contribution < 1.29 is 4.79 Å². The maximum absolute atomic E-state index is 12.6. The Balaban J connectivity index is 1.70. The van der Waals surface area contributed by atoms with Gasteiger partial charge in [0, 0.05) is 37.9 Å². The molecule has 1 aromatic heterocycles. The molecule has 1 atom stereocenters. The fourth-order valence-electron chi connectivity index (χ4n) is 2.97. The Kier molecular flexibility index (Phi) is 4.37. The molecular weight excluding hydrogens is 274 g/mol. The summed E-state index contributed by atoms with van der Waals surface area (Å²) < 4.78 is 0. The molecule has 3 rings (SSSR count). The number of benzene rings is 1. The van der Waals surface area contributed by atoms with E-state index >= 15 is 0 Å². The van der Waals surface area contributed by atoms with E-state index in [-0.39, 0.29) is 11.9 Å². The van der Waals surface area contributed by atoms with Crippen LogP contribution in [0.1, 0.15) is 23.2 Å². The number of carbonyl (C=O) groups is 1. The number of aromatic nitrogens is 1. The third-order valence-corrected chi connectivity index (χ3v) is 4.26. The van der Waals surface area contributed by atoms with Crippen molar-refractivity contribution in [3.05, 3.63) is 60.3 Å². The van der Waals surface area contributed by atoms with Gasteiger partial charge in [0.05, 0.1) is 0 Å². The highest BCUT2D eigenvalue weighted by atomic mass is 16.2. The number of anilines is 1. The average Bonchev–Trinajstić information content (AvgIpc) is 2.62. The third-order valence-electron chi connectivity index (χ3n) is 4.26. The lowest BCUT2D eigenvalue weighted by Gasteiger charge is -2.38. The van der Waals surface area contributed by atoms with Crippen LogP contribution in [-0.2, 0) is 0 Å². The lowest BCUT2D eigenvalue weighted by Crippen LogP contribution is -2.48. The average molecular weight is 295 g/mol.